The number of hydrogen-bond donors (Lipinski definition) is 0. The van der Waals surface area contributed by atoms with Crippen LogP contribution in [0.2, 0.25) is 0 Å². The number of esters is 1. The normalized spacial score (nSPS) is 31.0. The van der Waals surface area contributed by atoms with Gasteiger partial charge in [0.15, 0.2) is 0 Å². The van der Waals surface area contributed by atoms with E-state index in [1.54, 1.807) is 7.11 Å². The molecule has 2 saturated carbocycles. The van der Waals surface area contributed by atoms with Crippen molar-refractivity contribution in [2.75, 3.05) is 26.8 Å². The lowest BCUT2D eigenvalue weighted by Gasteiger charge is -2.31. The fourth-order valence-corrected chi connectivity index (χ4v) is 4.51. The molecule has 3 rings (SSSR count). The molecule has 3 aliphatic rings. The average Bonchev–Trinajstić information content (AvgIpc) is 3.01. The molecule has 0 N–H and O–H groups in total. The molecule has 0 aromatic heterocycles. The molecule has 24 heavy (non-hydrogen) atoms. The third-order valence-corrected chi connectivity index (χ3v) is 6.06. The smallest absolute Gasteiger partial charge is 0.314 e. The van der Waals surface area contributed by atoms with Crippen molar-refractivity contribution in [2.24, 2.45) is 16.7 Å². The Hall–Kier alpha value is -1.10. The Balaban J connectivity index is 1.72. The molecule has 1 amide bonds. The first kappa shape index (κ1) is 17.7. The minimum Gasteiger partial charge on any atom is -0.459 e. The van der Waals surface area contributed by atoms with Gasteiger partial charge in [0.1, 0.15) is 5.60 Å². The maximum atomic E-state index is 13.0. The maximum Gasteiger partial charge on any atom is 0.314 e. The van der Waals surface area contributed by atoms with Gasteiger partial charge in [0, 0.05) is 26.8 Å². The summed E-state index contributed by atoms with van der Waals surface area (Å²) in [6.45, 7) is 7.61. The summed E-state index contributed by atoms with van der Waals surface area (Å²) in [5, 5.41) is 0. The Morgan fingerprint density at radius 1 is 1.21 bits per heavy atom. The second-order valence-electron chi connectivity index (χ2n) is 8.96. The lowest BCUT2D eigenvalue weighted by atomic mass is 9.80. The van der Waals surface area contributed by atoms with E-state index in [0.29, 0.717) is 19.7 Å². The summed E-state index contributed by atoms with van der Waals surface area (Å²) in [5.74, 6) is 0.390. The van der Waals surface area contributed by atoms with Gasteiger partial charge >= 0.3 is 5.97 Å². The molecule has 5 heteroatoms. The molecule has 1 aliphatic heterocycles. The van der Waals surface area contributed by atoms with Crippen LogP contribution in [0.4, 0.5) is 0 Å². The lowest BCUT2D eigenvalue weighted by molar-refractivity contribution is -0.168. The number of carbonyl (C=O) groups is 2. The zero-order valence-corrected chi connectivity index (χ0v) is 15.5. The van der Waals surface area contributed by atoms with Crippen LogP contribution in [0, 0.1) is 16.7 Å². The molecule has 1 saturated heterocycles. The summed E-state index contributed by atoms with van der Waals surface area (Å²) in [6.07, 6.45) is 5.63. The highest BCUT2D eigenvalue weighted by Gasteiger charge is 2.60. The molecule has 136 valence electrons. The molecular weight excluding hydrogens is 306 g/mol. The van der Waals surface area contributed by atoms with Crippen LogP contribution in [0.1, 0.15) is 59.3 Å². The first-order valence-electron chi connectivity index (χ1n) is 9.24. The van der Waals surface area contributed by atoms with E-state index in [2.05, 4.69) is 0 Å². The molecule has 2 atom stereocenters. The Labute approximate surface area is 145 Å². The number of likely N-dealkylation sites (tertiary alicyclic amines) is 1. The first-order chi connectivity index (χ1) is 11.2. The fourth-order valence-electron chi connectivity index (χ4n) is 4.51. The number of methoxy groups -OCH3 is 1. The number of hydrogen-bond acceptors (Lipinski definition) is 4. The topological polar surface area (TPSA) is 55.8 Å². The number of amides is 1. The lowest BCUT2D eigenvalue weighted by Crippen LogP contribution is -2.43. The van der Waals surface area contributed by atoms with Crippen LogP contribution in [0.3, 0.4) is 0 Å². The van der Waals surface area contributed by atoms with Gasteiger partial charge in [-0.05, 0) is 58.8 Å². The Kier molecular flexibility index (Phi) is 4.44. The van der Waals surface area contributed by atoms with Crippen LogP contribution in [-0.4, -0.2) is 49.2 Å². The largest absolute Gasteiger partial charge is 0.459 e. The Morgan fingerprint density at radius 3 is 2.50 bits per heavy atom. The van der Waals surface area contributed by atoms with Gasteiger partial charge in [0.25, 0.3) is 0 Å². The van der Waals surface area contributed by atoms with Crippen molar-refractivity contribution >= 4 is 11.9 Å². The number of carbonyl (C=O) groups excluding carboxylic acids is 2. The number of rotatable bonds is 5. The highest BCUT2D eigenvalue weighted by molar-refractivity contribution is 5.87. The third-order valence-electron chi connectivity index (χ3n) is 6.06. The molecule has 3 fully saturated rings. The molecule has 0 aromatic rings. The summed E-state index contributed by atoms with van der Waals surface area (Å²) >= 11 is 0. The second-order valence-corrected chi connectivity index (χ2v) is 8.96. The van der Waals surface area contributed by atoms with Crippen LogP contribution in [-0.2, 0) is 19.1 Å². The maximum absolute atomic E-state index is 13.0. The molecule has 0 radical (unpaired) electrons. The van der Waals surface area contributed by atoms with Gasteiger partial charge in [-0.3, -0.25) is 9.59 Å². The van der Waals surface area contributed by atoms with Gasteiger partial charge in [0.2, 0.25) is 5.91 Å². The van der Waals surface area contributed by atoms with E-state index in [0.717, 1.165) is 38.5 Å². The molecule has 5 nitrogen and oxygen atoms in total. The van der Waals surface area contributed by atoms with E-state index < -0.39 is 11.0 Å². The summed E-state index contributed by atoms with van der Waals surface area (Å²) < 4.78 is 10.9. The fraction of sp³-hybridized carbons (Fsp3) is 0.895. The number of fused-ring (bicyclic) bond motifs is 1. The number of nitrogens with zero attached hydrogens (tertiary/aromatic N) is 1. The molecule has 0 aromatic carbocycles. The van der Waals surface area contributed by atoms with Crippen LogP contribution in [0.15, 0.2) is 0 Å². The van der Waals surface area contributed by atoms with Crippen LogP contribution in [0.25, 0.3) is 0 Å². The molecule has 0 unspecified atom stereocenters. The Bertz CT molecular complexity index is 520. The van der Waals surface area contributed by atoms with Gasteiger partial charge in [-0.25, -0.2) is 0 Å². The molecule has 2 aliphatic carbocycles. The van der Waals surface area contributed by atoms with E-state index in [1.165, 1.54) is 0 Å². The SMILES string of the molecule is COCCC1(C(=O)N2C[C@@H]3CCC[C@@]3(C(=O)OC(C)(C)C)C2)CC1. The van der Waals surface area contributed by atoms with Crippen molar-refractivity contribution in [3.05, 3.63) is 0 Å². The molecule has 1 heterocycles. The monoisotopic (exact) mass is 337 g/mol. The summed E-state index contributed by atoms with van der Waals surface area (Å²) in [4.78, 5) is 27.9. The van der Waals surface area contributed by atoms with E-state index >= 15 is 0 Å². The van der Waals surface area contributed by atoms with Crippen LogP contribution >= 0.6 is 0 Å². The highest BCUT2D eigenvalue weighted by atomic mass is 16.6. The predicted molar refractivity (Wildman–Crippen MR) is 90.4 cm³/mol. The molecular formula is C19H31NO4. The highest BCUT2D eigenvalue weighted by Crippen LogP contribution is 2.55. The van der Waals surface area contributed by atoms with Crippen molar-refractivity contribution in [1.29, 1.82) is 0 Å². The van der Waals surface area contributed by atoms with Gasteiger partial charge in [-0.2, -0.15) is 0 Å². The van der Waals surface area contributed by atoms with E-state index in [9.17, 15) is 9.59 Å². The zero-order chi connectivity index (χ0) is 17.6. The van der Waals surface area contributed by atoms with Crippen molar-refractivity contribution in [3.63, 3.8) is 0 Å². The van der Waals surface area contributed by atoms with Gasteiger partial charge in [-0.1, -0.05) is 6.42 Å². The second kappa shape index (κ2) is 6.01. The first-order valence-corrected chi connectivity index (χ1v) is 9.24. The summed E-state index contributed by atoms with van der Waals surface area (Å²) in [6, 6.07) is 0. The van der Waals surface area contributed by atoms with Crippen molar-refractivity contribution in [2.45, 2.75) is 64.9 Å². The van der Waals surface area contributed by atoms with Gasteiger partial charge in [-0.15, -0.1) is 0 Å². The van der Waals surface area contributed by atoms with E-state index in [-0.39, 0.29) is 23.2 Å². The summed E-state index contributed by atoms with van der Waals surface area (Å²) in [7, 11) is 1.68. The minimum absolute atomic E-state index is 0.102. The molecule has 0 bridgehead atoms. The summed E-state index contributed by atoms with van der Waals surface area (Å²) in [5.41, 5.74) is -1.17. The quantitative estimate of drug-likeness (QED) is 0.724. The van der Waals surface area contributed by atoms with Crippen molar-refractivity contribution < 1.29 is 19.1 Å². The third kappa shape index (κ3) is 3.07. The average molecular weight is 337 g/mol. The minimum atomic E-state index is -0.480. The van der Waals surface area contributed by atoms with Crippen molar-refractivity contribution in [3.8, 4) is 0 Å². The van der Waals surface area contributed by atoms with Crippen LogP contribution in [0.5, 0.6) is 0 Å². The van der Waals surface area contributed by atoms with Gasteiger partial charge in [0.05, 0.1) is 10.8 Å². The number of ether oxygens (including phenoxy) is 2. The predicted octanol–water partition coefficient (Wildman–Crippen LogP) is 2.77. The van der Waals surface area contributed by atoms with E-state index in [4.69, 9.17) is 9.47 Å². The zero-order valence-electron chi connectivity index (χ0n) is 15.5. The van der Waals surface area contributed by atoms with E-state index in [1.807, 2.05) is 25.7 Å². The van der Waals surface area contributed by atoms with Crippen LogP contribution < -0.4 is 0 Å². The van der Waals surface area contributed by atoms with Crippen molar-refractivity contribution in [1.82, 2.24) is 4.90 Å². The Morgan fingerprint density at radius 2 is 1.92 bits per heavy atom. The molecule has 0 spiro atoms. The standard InChI is InChI=1S/C19H31NO4/c1-17(2,3)24-16(22)19-7-5-6-14(19)12-20(13-19)15(21)18(8-9-18)10-11-23-4/h14H,5-13H2,1-4H3/t14-,19+/m0/s1. The van der Waals surface area contributed by atoms with Gasteiger partial charge < -0.3 is 14.4 Å².